The summed E-state index contributed by atoms with van der Waals surface area (Å²) in [4.78, 5) is 2.33. The van der Waals surface area contributed by atoms with Crippen LogP contribution in [0.3, 0.4) is 0 Å². The van der Waals surface area contributed by atoms with Gasteiger partial charge in [0.25, 0.3) is 0 Å². The fourth-order valence-corrected chi connectivity index (χ4v) is 3.01. The largest absolute Gasteiger partial charge is 0.416 e. The van der Waals surface area contributed by atoms with Crippen LogP contribution in [0.15, 0.2) is 24.3 Å². The van der Waals surface area contributed by atoms with Gasteiger partial charge in [0, 0.05) is 12.6 Å². The van der Waals surface area contributed by atoms with Gasteiger partial charge in [-0.3, -0.25) is 4.90 Å². The molecular formula is C17H24ClF3N2. The second-order valence-electron chi connectivity index (χ2n) is 6.60. The van der Waals surface area contributed by atoms with Gasteiger partial charge in [0.1, 0.15) is 0 Å². The second-order valence-corrected chi connectivity index (χ2v) is 6.60. The number of hydrogen-bond donors (Lipinski definition) is 1. The summed E-state index contributed by atoms with van der Waals surface area (Å²) in [6.07, 6.45) is 0.768. The first-order valence-electron chi connectivity index (χ1n) is 8.12. The third kappa shape index (κ3) is 5.66. The number of alkyl halides is 3. The van der Waals surface area contributed by atoms with Gasteiger partial charge in [0.15, 0.2) is 0 Å². The van der Waals surface area contributed by atoms with Gasteiger partial charge in [-0.15, -0.1) is 12.4 Å². The Kier molecular flexibility index (Phi) is 6.34. The topological polar surface area (TPSA) is 15.3 Å². The molecule has 0 radical (unpaired) electrons. The van der Waals surface area contributed by atoms with Crippen molar-refractivity contribution >= 4 is 12.4 Å². The smallest absolute Gasteiger partial charge is 0.314 e. The normalized spacial score (nSPS) is 20.3. The summed E-state index contributed by atoms with van der Waals surface area (Å²) in [6.45, 7) is 3.93. The van der Waals surface area contributed by atoms with E-state index in [1.54, 1.807) is 12.1 Å². The van der Waals surface area contributed by atoms with Crippen LogP contribution in [0.4, 0.5) is 13.2 Å². The number of likely N-dealkylation sites (tertiary alicyclic amines) is 1. The van der Waals surface area contributed by atoms with E-state index in [4.69, 9.17) is 0 Å². The van der Waals surface area contributed by atoms with Crippen LogP contribution in [0.25, 0.3) is 0 Å². The standard InChI is InChI=1S/C17H23F3N2.ClH/c18-17(19,20)15-5-3-14(4-6-15)12-22-9-7-16(8-10-22)21-11-13-1-2-13;/h3-6,13,16,21H,1-2,7-12H2;1H. The van der Waals surface area contributed by atoms with Crippen molar-refractivity contribution in [1.82, 2.24) is 10.2 Å². The van der Waals surface area contributed by atoms with Crippen molar-refractivity contribution in [2.24, 2.45) is 5.92 Å². The summed E-state index contributed by atoms with van der Waals surface area (Å²) >= 11 is 0. The number of nitrogens with zero attached hydrogens (tertiary/aromatic N) is 1. The molecule has 130 valence electrons. The number of benzene rings is 1. The van der Waals surface area contributed by atoms with Crippen molar-refractivity contribution in [2.75, 3.05) is 19.6 Å². The highest BCUT2D eigenvalue weighted by Gasteiger charge is 2.30. The van der Waals surface area contributed by atoms with Gasteiger partial charge in [-0.2, -0.15) is 13.2 Å². The first-order valence-corrected chi connectivity index (χ1v) is 8.12. The number of nitrogens with one attached hydrogen (secondary N) is 1. The van der Waals surface area contributed by atoms with Crippen molar-refractivity contribution < 1.29 is 13.2 Å². The lowest BCUT2D eigenvalue weighted by molar-refractivity contribution is -0.137. The SMILES string of the molecule is Cl.FC(F)(F)c1ccc(CN2CCC(NCC3CC3)CC2)cc1. The number of rotatable bonds is 5. The van der Waals surface area contributed by atoms with Gasteiger partial charge in [0.2, 0.25) is 0 Å². The molecular weight excluding hydrogens is 325 g/mol. The first-order chi connectivity index (χ1) is 10.5. The Bertz CT molecular complexity index is 478. The van der Waals surface area contributed by atoms with Gasteiger partial charge in [-0.25, -0.2) is 0 Å². The fraction of sp³-hybridized carbons (Fsp3) is 0.647. The van der Waals surface area contributed by atoms with Gasteiger partial charge in [-0.1, -0.05) is 12.1 Å². The average molecular weight is 349 g/mol. The molecule has 1 aliphatic carbocycles. The molecule has 1 saturated carbocycles. The molecule has 23 heavy (non-hydrogen) atoms. The Hall–Kier alpha value is -0.780. The summed E-state index contributed by atoms with van der Waals surface area (Å²) in [7, 11) is 0. The van der Waals surface area contributed by atoms with E-state index in [0.717, 1.165) is 50.5 Å². The summed E-state index contributed by atoms with van der Waals surface area (Å²) in [5, 5.41) is 3.64. The highest BCUT2D eigenvalue weighted by atomic mass is 35.5. The summed E-state index contributed by atoms with van der Waals surface area (Å²) in [6, 6.07) is 6.17. The Morgan fingerprint density at radius 1 is 1.00 bits per heavy atom. The van der Waals surface area contributed by atoms with E-state index in [9.17, 15) is 13.2 Å². The summed E-state index contributed by atoms with van der Waals surface area (Å²) < 4.78 is 37.6. The lowest BCUT2D eigenvalue weighted by Gasteiger charge is -2.32. The maximum atomic E-state index is 12.5. The van der Waals surface area contributed by atoms with Crippen LogP contribution >= 0.6 is 12.4 Å². The zero-order valence-corrected chi connectivity index (χ0v) is 13.9. The molecule has 1 aromatic rings. The van der Waals surface area contributed by atoms with E-state index < -0.39 is 11.7 Å². The molecule has 0 bridgehead atoms. The predicted molar refractivity (Wildman–Crippen MR) is 87.7 cm³/mol. The van der Waals surface area contributed by atoms with E-state index in [0.29, 0.717) is 6.04 Å². The molecule has 0 amide bonds. The Balaban J connectivity index is 0.00000192. The van der Waals surface area contributed by atoms with Gasteiger partial charge < -0.3 is 5.32 Å². The number of halogens is 4. The maximum Gasteiger partial charge on any atom is 0.416 e. The molecule has 0 unspecified atom stereocenters. The van der Waals surface area contributed by atoms with Crippen LogP contribution in [0.5, 0.6) is 0 Å². The molecule has 1 heterocycles. The minimum absolute atomic E-state index is 0. The van der Waals surface area contributed by atoms with Crippen molar-refractivity contribution in [2.45, 2.75) is 44.4 Å². The molecule has 2 aliphatic rings. The monoisotopic (exact) mass is 348 g/mol. The van der Waals surface area contributed by atoms with Crippen molar-refractivity contribution in [1.29, 1.82) is 0 Å². The first kappa shape index (κ1) is 18.6. The van der Waals surface area contributed by atoms with Crippen LogP contribution in [0, 0.1) is 5.92 Å². The molecule has 1 saturated heterocycles. The molecule has 1 aromatic carbocycles. The van der Waals surface area contributed by atoms with Crippen molar-refractivity contribution in [3.8, 4) is 0 Å². The Morgan fingerprint density at radius 2 is 1.61 bits per heavy atom. The molecule has 2 nitrogen and oxygen atoms in total. The zero-order chi connectivity index (χ0) is 15.6. The Labute approximate surface area is 141 Å². The highest BCUT2D eigenvalue weighted by Crippen LogP contribution is 2.30. The number of piperidine rings is 1. The third-order valence-corrected chi connectivity index (χ3v) is 4.67. The van der Waals surface area contributed by atoms with Gasteiger partial charge >= 0.3 is 6.18 Å². The number of hydrogen-bond acceptors (Lipinski definition) is 2. The lowest BCUT2D eigenvalue weighted by Crippen LogP contribution is -2.42. The predicted octanol–water partition coefficient (Wildman–Crippen LogP) is 4.09. The third-order valence-electron chi connectivity index (χ3n) is 4.67. The molecule has 1 N–H and O–H groups in total. The Morgan fingerprint density at radius 3 is 2.13 bits per heavy atom. The maximum absolute atomic E-state index is 12.5. The zero-order valence-electron chi connectivity index (χ0n) is 13.1. The summed E-state index contributed by atoms with van der Waals surface area (Å²) in [5.74, 6) is 0.908. The van der Waals surface area contributed by atoms with E-state index in [1.807, 2.05) is 0 Å². The lowest BCUT2D eigenvalue weighted by atomic mass is 10.0. The second kappa shape index (κ2) is 7.86. The summed E-state index contributed by atoms with van der Waals surface area (Å²) in [5.41, 5.74) is 0.386. The van der Waals surface area contributed by atoms with Crippen molar-refractivity contribution in [3.05, 3.63) is 35.4 Å². The highest BCUT2D eigenvalue weighted by molar-refractivity contribution is 5.85. The molecule has 2 fully saturated rings. The molecule has 0 atom stereocenters. The molecule has 0 spiro atoms. The van der Waals surface area contributed by atoms with E-state index in [2.05, 4.69) is 10.2 Å². The molecule has 3 rings (SSSR count). The quantitative estimate of drug-likeness (QED) is 0.862. The van der Waals surface area contributed by atoms with Crippen LogP contribution in [-0.2, 0) is 12.7 Å². The molecule has 0 aromatic heterocycles. The van der Waals surface area contributed by atoms with Gasteiger partial charge in [0.05, 0.1) is 5.56 Å². The van der Waals surface area contributed by atoms with Crippen LogP contribution < -0.4 is 5.32 Å². The van der Waals surface area contributed by atoms with E-state index in [1.165, 1.54) is 25.0 Å². The van der Waals surface area contributed by atoms with Crippen LogP contribution in [-0.4, -0.2) is 30.6 Å². The van der Waals surface area contributed by atoms with Gasteiger partial charge in [-0.05, 0) is 68.9 Å². The van der Waals surface area contributed by atoms with Crippen LogP contribution in [0.2, 0.25) is 0 Å². The van der Waals surface area contributed by atoms with E-state index >= 15 is 0 Å². The van der Waals surface area contributed by atoms with E-state index in [-0.39, 0.29) is 12.4 Å². The van der Waals surface area contributed by atoms with Crippen molar-refractivity contribution in [3.63, 3.8) is 0 Å². The minimum Gasteiger partial charge on any atom is -0.314 e. The fourth-order valence-electron chi connectivity index (χ4n) is 3.01. The minimum atomic E-state index is -4.25. The molecule has 1 aliphatic heterocycles. The average Bonchev–Trinajstić information content (AvgIpc) is 3.30. The van der Waals surface area contributed by atoms with Crippen LogP contribution in [0.1, 0.15) is 36.8 Å². The molecule has 6 heteroatoms.